The van der Waals surface area contributed by atoms with Crippen LogP contribution in [0.15, 0.2) is 48.5 Å². The maximum absolute atomic E-state index is 12.2. The van der Waals surface area contributed by atoms with Crippen LogP contribution >= 0.6 is 0 Å². The van der Waals surface area contributed by atoms with Gasteiger partial charge in [0.15, 0.2) is 17.3 Å². The van der Waals surface area contributed by atoms with Crippen molar-refractivity contribution in [3.05, 3.63) is 59.7 Å². The van der Waals surface area contributed by atoms with Crippen molar-refractivity contribution in [2.75, 3.05) is 12.5 Å². The summed E-state index contributed by atoms with van der Waals surface area (Å²) in [5.41, 5.74) is 7.64. The van der Waals surface area contributed by atoms with Gasteiger partial charge >= 0.3 is 0 Å². The molecule has 4 nitrogen and oxygen atoms in total. The Morgan fingerprint density at radius 2 is 1.80 bits per heavy atom. The second-order valence-corrected chi connectivity index (χ2v) is 4.40. The van der Waals surface area contributed by atoms with Gasteiger partial charge in [-0.15, -0.1) is 0 Å². The van der Waals surface area contributed by atoms with Crippen LogP contribution in [-0.4, -0.2) is 12.6 Å². The first-order valence-corrected chi connectivity index (χ1v) is 6.20. The van der Waals surface area contributed by atoms with Gasteiger partial charge in [0.2, 0.25) is 6.79 Å². The van der Waals surface area contributed by atoms with E-state index in [0.29, 0.717) is 22.7 Å². The lowest BCUT2D eigenvalue weighted by Gasteiger charge is -2.04. The molecule has 4 heteroatoms. The number of carbonyl (C=O) groups excluding carboxylic acids is 1. The number of hydrogen-bond acceptors (Lipinski definition) is 4. The molecule has 0 bridgehead atoms. The molecule has 2 N–H and O–H groups in total. The van der Waals surface area contributed by atoms with Crippen LogP contribution in [0, 0.1) is 0 Å². The maximum atomic E-state index is 12.2. The van der Waals surface area contributed by atoms with E-state index in [9.17, 15) is 4.79 Å². The number of anilines is 1. The minimum absolute atomic E-state index is 0.159. The number of nitrogens with two attached hydrogens (primary N) is 1. The van der Waals surface area contributed by atoms with Crippen LogP contribution in [0.3, 0.4) is 0 Å². The van der Waals surface area contributed by atoms with E-state index in [1.165, 1.54) is 6.08 Å². The molecule has 0 saturated heterocycles. The van der Waals surface area contributed by atoms with Gasteiger partial charge < -0.3 is 15.2 Å². The van der Waals surface area contributed by atoms with Crippen molar-refractivity contribution in [2.45, 2.75) is 0 Å². The van der Waals surface area contributed by atoms with Crippen LogP contribution in [0.1, 0.15) is 15.9 Å². The van der Waals surface area contributed by atoms with Crippen molar-refractivity contribution in [1.29, 1.82) is 0 Å². The predicted molar refractivity (Wildman–Crippen MR) is 76.8 cm³/mol. The van der Waals surface area contributed by atoms with Gasteiger partial charge in [-0.25, -0.2) is 0 Å². The molecule has 0 saturated carbocycles. The topological polar surface area (TPSA) is 61.6 Å². The third-order valence-corrected chi connectivity index (χ3v) is 3.04. The summed E-state index contributed by atoms with van der Waals surface area (Å²) >= 11 is 0. The Bertz CT molecular complexity index is 678. The van der Waals surface area contributed by atoms with Gasteiger partial charge in [0, 0.05) is 17.3 Å². The molecule has 2 aromatic carbocycles. The highest BCUT2D eigenvalue weighted by atomic mass is 16.7. The van der Waals surface area contributed by atoms with E-state index in [1.807, 2.05) is 30.3 Å². The van der Waals surface area contributed by atoms with Crippen LogP contribution in [0.25, 0.3) is 6.08 Å². The number of benzene rings is 2. The lowest BCUT2D eigenvalue weighted by molar-refractivity contribution is 0.104. The van der Waals surface area contributed by atoms with E-state index >= 15 is 0 Å². The summed E-state index contributed by atoms with van der Waals surface area (Å²) in [5, 5.41) is 0. The number of rotatable bonds is 3. The van der Waals surface area contributed by atoms with Gasteiger partial charge in [0.1, 0.15) is 0 Å². The average Bonchev–Trinajstić information content (AvgIpc) is 2.92. The predicted octanol–water partition coefficient (Wildman–Crippen LogP) is 2.89. The zero-order valence-electron chi connectivity index (χ0n) is 10.7. The molecule has 2 aromatic rings. The molecule has 0 aromatic heterocycles. The largest absolute Gasteiger partial charge is 0.454 e. The van der Waals surface area contributed by atoms with Crippen molar-refractivity contribution in [3.63, 3.8) is 0 Å². The first-order chi connectivity index (χ1) is 9.74. The Hall–Kier alpha value is -2.75. The Kier molecular flexibility index (Phi) is 3.13. The standard InChI is InChI=1S/C16H13NO3/c17-13-9-16-15(19-10-20-16)8-12(13)14(18)7-6-11-4-2-1-3-5-11/h1-9H,10,17H2. The monoisotopic (exact) mass is 267 g/mol. The molecule has 0 radical (unpaired) electrons. The molecular weight excluding hydrogens is 254 g/mol. The van der Waals surface area contributed by atoms with Gasteiger partial charge in [0.05, 0.1) is 0 Å². The number of carbonyl (C=O) groups is 1. The molecule has 20 heavy (non-hydrogen) atoms. The molecule has 3 rings (SSSR count). The first kappa shape index (κ1) is 12.3. The minimum Gasteiger partial charge on any atom is -0.454 e. The van der Waals surface area contributed by atoms with Gasteiger partial charge in [-0.05, 0) is 17.7 Å². The highest BCUT2D eigenvalue weighted by Gasteiger charge is 2.18. The average molecular weight is 267 g/mol. The minimum atomic E-state index is -0.162. The molecule has 1 aliphatic rings. The highest BCUT2D eigenvalue weighted by Crippen LogP contribution is 2.36. The SMILES string of the molecule is Nc1cc2c(cc1C(=O)C=Cc1ccccc1)OCO2. The van der Waals surface area contributed by atoms with E-state index in [-0.39, 0.29) is 12.6 Å². The molecule has 0 atom stereocenters. The normalized spacial score (nSPS) is 12.8. The summed E-state index contributed by atoms with van der Waals surface area (Å²) in [6.45, 7) is 0.159. The number of ether oxygens (including phenoxy) is 2. The van der Waals surface area contributed by atoms with E-state index in [0.717, 1.165) is 5.56 Å². The Labute approximate surface area is 116 Å². The number of allylic oxidation sites excluding steroid dienone is 1. The van der Waals surface area contributed by atoms with Crippen LogP contribution in [0.2, 0.25) is 0 Å². The van der Waals surface area contributed by atoms with E-state index in [2.05, 4.69) is 0 Å². The molecule has 0 spiro atoms. The second kappa shape index (κ2) is 5.09. The molecule has 100 valence electrons. The summed E-state index contributed by atoms with van der Waals surface area (Å²) in [7, 11) is 0. The summed E-state index contributed by atoms with van der Waals surface area (Å²) in [6, 6.07) is 12.8. The van der Waals surface area contributed by atoms with Gasteiger partial charge in [-0.3, -0.25) is 4.79 Å². The van der Waals surface area contributed by atoms with Gasteiger partial charge in [0.25, 0.3) is 0 Å². The fourth-order valence-corrected chi connectivity index (χ4v) is 2.00. The maximum Gasteiger partial charge on any atom is 0.231 e. The van der Waals surface area contributed by atoms with Crippen molar-refractivity contribution in [1.82, 2.24) is 0 Å². The lowest BCUT2D eigenvalue weighted by Crippen LogP contribution is -2.00. The summed E-state index contributed by atoms with van der Waals surface area (Å²) in [6.07, 6.45) is 3.26. The Morgan fingerprint density at radius 3 is 2.55 bits per heavy atom. The highest BCUT2D eigenvalue weighted by molar-refractivity contribution is 6.10. The Balaban J connectivity index is 1.86. The molecule has 0 fully saturated rings. The van der Waals surface area contributed by atoms with Crippen LogP contribution < -0.4 is 15.2 Å². The number of hydrogen-bond donors (Lipinski definition) is 1. The lowest BCUT2D eigenvalue weighted by atomic mass is 10.1. The number of nitrogen functional groups attached to an aromatic ring is 1. The third-order valence-electron chi connectivity index (χ3n) is 3.04. The van der Waals surface area contributed by atoms with Gasteiger partial charge in [-0.1, -0.05) is 36.4 Å². The fourth-order valence-electron chi connectivity index (χ4n) is 2.00. The number of ketones is 1. The molecular formula is C16H13NO3. The van der Waals surface area contributed by atoms with Crippen molar-refractivity contribution in [3.8, 4) is 11.5 Å². The van der Waals surface area contributed by atoms with Crippen LogP contribution in [-0.2, 0) is 0 Å². The van der Waals surface area contributed by atoms with Crippen LogP contribution in [0.5, 0.6) is 11.5 Å². The molecule has 0 unspecified atom stereocenters. The van der Waals surface area contributed by atoms with Gasteiger partial charge in [-0.2, -0.15) is 0 Å². The summed E-state index contributed by atoms with van der Waals surface area (Å²) < 4.78 is 10.5. The van der Waals surface area contributed by atoms with Crippen molar-refractivity contribution in [2.24, 2.45) is 0 Å². The molecule has 1 aliphatic heterocycles. The quantitative estimate of drug-likeness (QED) is 0.527. The third kappa shape index (κ3) is 2.36. The zero-order chi connectivity index (χ0) is 13.9. The van der Waals surface area contributed by atoms with Crippen LogP contribution in [0.4, 0.5) is 5.69 Å². The fraction of sp³-hybridized carbons (Fsp3) is 0.0625. The summed E-state index contributed by atoms with van der Waals surface area (Å²) in [4.78, 5) is 12.2. The van der Waals surface area contributed by atoms with Crippen molar-refractivity contribution >= 4 is 17.5 Å². The first-order valence-electron chi connectivity index (χ1n) is 6.20. The van der Waals surface area contributed by atoms with E-state index < -0.39 is 0 Å². The zero-order valence-corrected chi connectivity index (χ0v) is 10.7. The summed E-state index contributed by atoms with van der Waals surface area (Å²) in [5.74, 6) is 0.964. The molecule has 0 aliphatic carbocycles. The number of fused-ring (bicyclic) bond motifs is 1. The van der Waals surface area contributed by atoms with E-state index in [4.69, 9.17) is 15.2 Å². The second-order valence-electron chi connectivity index (χ2n) is 4.40. The van der Waals surface area contributed by atoms with Crippen molar-refractivity contribution < 1.29 is 14.3 Å². The molecule has 1 heterocycles. The smallest absolute Gasteiger partial charge is 0.231 e. The van der Waals surface area contributed by atoms with E-state index in [1.54, 1.807) is 18.2 Å². The Morgan fingerprint density at radius 1 is 1.10 bits per heavy atom. The molecule has 0 amide bonds.